The fraction of sp³-hybridized carbons (Fsp3) is 0.222. The molecule has 0 aliphatic rings. The molecule has 17 heavy (non-hydrogen) atoms. The van der Waals surface area contributed by atoms with Gasteiger partial charge in [-0.2, -0.15) is 13.2 Å². The van der Waals surface area contributed by atoms with Crippen LogP contribution < -0.4 is 5.48 Å². The summed E-state index contributed by atoms with van der Waals surface area (Å²) in [5.74, 6) is -3.27. The summed E-state index contributed by atoms with van der Waals surface area (Å²) in [6.45, 7) is -1.73. The van der Waals surface area contributed by atoms with E-state index in [2.05, 4.69) is 4.84 Å². The van der Waals surface area contributed by atoms with Crippen molar-refractivity contribution in [2.45, 2.75) is 6.18 Å². The molecule has 0 saturated heterocycles. The van der Waals surface area contributed by atoms with Gasteiger partial charge >= 0.3 is 6.18 Å². The zero-order valence-corrected chi connectivity index (χ0v) is 8.15. The van der Waals surface area contributed by atoms with Gasteiger partial charge in [-0.15, -0.1) is 0 Å². The van der Waals surface area contributed by atoms with Crippen molar-refractivity contribution in [3.63, 3.8) is 0 Å². The molecular formula is C9H6F5NO2. The van der Waals surface area contributed by atoms with E-state index in [1.165, 1.54) is 5.48 Å². The molecule has 8 heteroatoms. The van der Waals surface area contributed by atoms with Crippen LogP contribution in [-0.2, 0) is 4.84 Å². The van der Waals surface area contributed by atoms with Gasteiger partial charge in [0, 0.05) is 0 Å². The summed E-state index contributed by atoms with van der Waals surface area (Å²) in [4.78, 5) is 14.9. The molecule has 94 valence electrons. The van der Waals surface area contributed by atoms with Gasteiger partial charge in [-0.05, 0) is 18.2 Å². The molecule has 0 heterocycles. The maximum absolute atomic E-state index is 13.0. The smallest absolute Gasteiger partial charge is 0.267 e. The van der Waals surface area contributed by atoms with E-state index in [1.807, 2.05) is 0 Å². The number of halogens is 5. The first-order valence-electron chi connectivity index (χ1n) is 4.23. The van der Waals surface area contributed by atoms with E-state index in [4.69, 9.17) is 0 Å². The van der Waals surface area contributed by atoms with Crippen molar-refractivity contribution in [2.75, 3.05) is 6.61 Å². The highest BCUT2D eigenvalue weighted by atomic mass is 19.4. The van der Waals surface area contributed by atoms with Crippen LogP contribution in [0.5, 0.6) is 0 Å². The van der Waals surface area contributed by atoms with Gasteiger partial charge in [-0.25, -0.2) is 14.3 Å². The van der Waals surface area contributed by atoms with Crippen LogP contribution in [0.1, 0.15) is 10.4 Å². The normalized spacial score (nSPS) is 11.4. The molecule has 1 rings (SSSR count). The zero-order chi connectivity index (χ0) is 13.1. The molecule has 0 unspecified atom stereocenters. The van der Waals surface area contributed by atoms with Gasteiger partial charge < -0.3 is 0 Å². The number of hydrogen-bond acceptors (Lipinski definition) is 2. The third-order valence-corrected chi connectivity index (χ3v) is 1.57. The molecule has 0 fully saturated rings. The number of hydrogen-bond donors (Lipinski definition) is 1. The molecule has 0 atom stereocenters. The van der Waals surface area contributed by atoms with Gasteiger partial charge in [0.25, 0.3) is 5.91 Å². The van der Waals surface area contributed by atoms with Crippen molar-refractivity contribution >= 4 is 5.91 Å². The first-order valence-corrected chi connectivity index (χ1v) is 4.23. The summed E-state index contributed by atoms with van der Waals surface area (Å²) < 4.78 is 60.6. The monoisotopic (exact) mass is 255 g/mol. The van der Waals surface area contributed by atoms with E-state index in [9.17, 15) is 26.7 Å². The van der Waals surface area contributed by atoms with Gasteiger partial charge in [0.05, 0.1) is 5.56 Å². The number of alkyl halides is 3. The molecule has 0 radical (unpaired) electrons. The molecule has 1 aromatic carbocycles. The molecule has 1 aromatic rings. The lowest BCUT2D eigenvalue weighted by Crippen LogP contribution is -2.30. The van der Waals surface area contributed by atoms with Gasteiger partial charge in [-0.1, -0.05) is 0 Å². The van der Waals surface area contributed by atoms with E-state index in [-0.39, 0.29) is 0 Å². The standard InChI is InChI=1S/C9H6F5NO2/c10-5-1-2-7(11)6(3-5)8(16)15-17-4-9(12,13)14/h1-3H,4H2,(H,15,16). The Bertz CT molecular complexity index is 418. The van der Waals surface area contributed by atoms with Crippen molar-refractivity contribution in [2.24, 2.45) is 0 Å². The lowest BCUT2D eigenvalue weighted by molar-refractivity contribution is -0.184. The first kappa shape index (κ1) is 13.4. The van der Waals surface area contributed by atoms with Crippen LogP contribution in [0.25, 0.3) is 0 Å². The Morgan fingerprint density at radius 3 is 2.53 bits per heavy atom. The Labute approximate surface area is 92.1 Å². The van der Waals surface area contributed by atoms with Crippen LogP contribution in [-0.4, -0.2) is 18.7 Å². The summed E-state index contributed by atoms with van der Waals surface area (Å²) in [5.41, 5.74) is 0.615. The summed E-state index contributed by atoms with van der Waals surface area (Å²) in [6.07, 6.45) is -4.63. The average Bonchev–Trinajstić information content (AvgIpc) is 2.19. The number of nitrogens with one attached hydrogen (secondary N) is 1. The zero-order valence-electron chi connectivity index (χ0n) is 8.15. The second-order valence-electron chi connectivity index (χ2n) is 2.96. The molecule has 0 aliphatic heterocycles. The molecule has 1 amide bonds. The van der Waals surface area contributed by atoms with Gasteiger partial charge in [0.2, 0.25) is 0 Å². The molecule has 0 bridgehead atoms. The topological polar surface area (TPSA) is 38.3 Å². The average molecular weight is 255 g/mol. The van der Waals surface area contributed by atoms with Crippen molar-refractivity contribution in [1.29, 1.82) is 0 Å². The number of amides is 1. The molecule has 0 aromatic heterocycles. The third-order valence-electron chi connectivity index (χ3n) is 1.57. The van der Waals surface area contributed by atoms with Crippen molar-refractivity contribution < 1.29 is 31.6 Å². The Balaban J connectivity index is 2.61. The Morgan fingerprint density at radius 2 is 1.94 bits per heavy atom. The second-order valence-corrected chi connectivity index (χ2v) is 2.96. The predicted octanol–water partition coefficient (Wildman–Crippen LogP) is 2.19. The van der Waals surface area contributed by atoms with E-state index in [1.54, 1.807) is 0 Å². The fourth-order valence-electron chi connectivity index (χ4n) is 0.910. The van der Waals surface area contributed by atoms with Gasteiger partial charge in [0.1, 0.15) is 11.6 Å². The van der Waals surface area contributed by atoms with Crippen LogP contribution in [0.3, 0.4) is 0 Å². The number of hydroxylamine groups is 1. The summed E-state index contributed by atoms with van der Waals surface area (Å²) in [7, 11) is 0. The lowest BCUT2D eigenvalue weighted by Gasteiger charge is -2.08. The minimum absolute atomic E-state index is 0.543. The summed E-state index contributed by atoms with van der Waals surface area (Å²) >= 11 is 0. The van der Waals surface area contributed by atoms with E-state index in [0.717, 1.165) is 6.07 Å². The number of benzene rings is 1. The number of carbonyl (C=O) groups is 1. The maximum atomic E-state index is 13.0. The summed E-state index contributed by atoms with van der Waals surface area (Å²) in [6, 6.07) is 1.98. The largest absolute Gasteiger partial charge is 0.414 e. The van der Waals surface area contributed by atoms with Crippen LogP contribution in [0.15, 0.2) is 18.2 Å². The highest BCUT2D eigenvalue weighted by Gasteiger charge is 2.28. The minimum Gasteiger partial charge on any atom is -0.267 e. The molecule has 3 nitrogen and oxygen atoms in total. The van der Waals surface area contributed by atoms with E-state index in [0.29, 0.717) is 12.1 Å². The van der Waals surface area contributed by atoms with Crippen molar-refractivity contribution in [3.05, 3.63) is 35.4 Å². The first-order chi connectivity index (χ1) is 7.79. The van der Waals surface area contributed by atoms with Gasteiger partial charge in [-0.3, -0.25) is 9.63 Å². The highest BCUT2D eigenvalue weighted by molar-refractivity contribution is 5.93. The third kappa shape index (κ3) is 4.35. The fourth-order valence-corrected chi connectivity index (χ4v) is 0.910. The SMILES string of the molecule is O=C(NOCC(F)(F)F)c1cc(F)ccc1F. The van der Waals surface area contributed by atoms with Crippen LogP contribution in [0.4, 0.5) is 22.0 Å². The van der Waals surface area contributed by atoms with E-state index >= 15 is 0 Å². The number of rotatable bonds is 3. The van der Waals surface area contributed by atoms with Crippen LogP contribution in [0, 0.1) is 11.6 Å². The highest BCUT2D eigenvalue weighted by Crippen LogP contribution is 2.14. The molecular weight excluding hydrogens is 249 g/mol. The quantitative estimate of drug-likeness (QED) is 0.664. The maximum Gasteiger partial charge on any atom is 0.414 e. The lowest BCUT2D eigenvalue weighted by atomic mass is 10.2. The molecule has 0 saturated carbocycles. The molecule has 0 aliphatic carbocycles. The van der Waals surface area contributed by atoms with Crippen molar-refractivity contribution in [1.82, 2.24) is 5.48 Å². The molecule has 1 N–H and O–H groups in total. The molecule has 0 spiro atoms. The number of carbonyl (C=O) groups excluding carboxylic acids is 1. The van der Waals surface area contributed by atoms with Gasteiger partial charge in [0.15, 0.2) is 6.61 Å². The van der Waals surface area contributed by atoms with Crippen LogP contribution >= 0.6 is 0 Å². The Hall–Kier alpha value is -1.70. The minimum atomic E-state index is -4.63. The second kappa shape index (κ2) is 5.09. The Kier molecular flexibility index (Phi) is 4.00. The van der Waals surface area contributed by atoms with Crippen molar-refractivity contribution in [3.8, 4) is 0 Å². The predicted molar refractivity (Wildman–Crippen MR) is 45.8 cm³/mol. The van der Waals surface area contributed by atoms with Crippen LogP contribution in [0.2, 0.25) is 0 Å². The van der Waals surface area contributed by atoms with E-state index < -0.39 is 35.9 Å². The Morgan fingerprint density at radius 1 is 1.29 bits per heavy atom. The summed E-state index contributed by atoms with van der Waals surface area (Å²) in [5, 5.41) is 0.